The molecule has 0 bridgehead atoms. The van der Waals surface area contributed by atoms with Crippen molar-refractivity contribution in [3.63, 3.8) is 0 Å². The van der Waals surface area contributed by atoms with E-state index in [4.69, 9.17) is 27.9 Å². The zero-order chi connectivity index (χ0) is 22.8. The van der Waals surface area contributed by atoms with E-state index in [9.17, 15) is 19.1 Å². The molecule has 0 spiro atoms. The number of ether oxygens (including phenoxy) is 1. The number of amides is 2. The molecule has 3 N–H and O–H groups in total. The van der Waals surface area contributed by atoms with Crippen molar-refractivity contribution in [3.8, 4) is 5.75 Å². The molecule has 10 heteroatoms. The van der Waals surface area contributed by atoms with Crippen molar-refractivity contribution >= 4 is 35.0 Å². The van der Waals surface area contributed by atoms with Gasteiger partial charge in [0.2, 0.25) is 5.91 Å². The molecule has 2 aromatic rings. The molecular weight excluding hydrogens is 448 g/mol. The van der Waals surface area contributed by atoms with E-state index in [1.165, 1.54) is 24.4 Å². The van der Waals surface area contributed by atoms with Gasteiger partial charge < -0.3 is 20.5 Å². The van der Waals surface area contributed by atoms with Crippen LogP contribution >= 0.6 is 23.2 Å². The summed E-state index contributed by atoms with van der Waals surface area (Å²) in [7, 11) is 0. The van der Waals surface area contributed by atoms with Gasteiger partial charge in [0.25, 0.3) is 5.91 Å². The van der Waals surface area contributed by atoms with E-state index in [-0.39, 0.29) is 42.7 Å². The van der Waals surface area contributed by atoms with E-state index in [1.54, 1.807) is 12.1 Å². The number of hydrogen-bond acceptors (Lipinski definition) is 5. The highest BCUT2D eigenvalue weighted by Gasteiger charge is 2.16. The Hall–Kier alpha value is -2.68. The summed E-state index contributed by atoms with van der Waals surface area (Å²) in [5, 5.41) is 15.8. The van der Waals surface area contributed by atoms with Gasteiger partial charge in [-0.3, -0.25) is 14.6 Å². The number of carbonyl (C=O) groups is 2. The Bertz CT molecular complexity index is 912. The zero-order valence-electron chi connectivity index (χ0n) is 16.5. The van der Waals surface area contributed by atoms with E-state index in [0.29, 0.717) is 10.7 Å². The van der Waals surface area contributed by atoms with Gasteiger partial charge in [-0.25, -0.2) is 4.39 Å². The van der Waals surface area contributed by atoms with Crippen LogP contribution < -0.4 is 15.4 Å². The summed E-state index contributed by atoms with van der Waals surface area (Å²) in [4.78, 5) is 28.1. The number of halogens is 3. The SMILES string of the molecule is C=CC(C[C@H](O)CNC(=O)COc1ccc(Cl)c(F)c1)NC(=O)Cc1ccc(Cl)cn1. The third-order valence-electron chi connectivity index (χ3n) is 4.08. The number of benzene rings is 1. The number of aliphatic hydroxyl groups is 1. The van der Waals surface area contributed by atoms with Crippen LogP contribution in [0.15, 0.2) is 49.2 Å². The molecule has 0 fully saturated rings. The number of nitrogens with zero attached hydrogens (tertiary/aromatic N) is 1. The Labute approximate surface area is 189 Å². The van der Waals surface area contributed by atoms with Crippen molar-refractivity contribution in [3.05, 3.63) is 70.7 Å². The molecule has 2 atom stereocenters. The van der Waals surface area contributed by atoms with Crippen molar-refractivity contribution in [2.45, 2.75) is 25.0 Å². The third-order valence-corrected chi connectivity index (χ3v) is 4.61. The van der Waals surface area contributed by atoms with E-state index in [1.807, 2.05) is 0 Å². The number of carbonyl (C=O) groups excluding carboxylic acids is 2. The molecule has 2 rings (SSSR count). The van der Waals surface area contributed by atoms with Crippen molar-refractivity contribution < 1.29 is 23.8 Å². The molecule has 1 aromatic carbocycles. The van der Waals surface area contributed by atoms with Crippen LogP contribution in [0.2, 0.25) is 10.0 Å². The highest BCUT2D eigenvalue weighted by Crippen LogP contribution is 2.20. The van der Waals surface area contributed by atoms with E-state index in [0.717, 1.165) is 6.07 Å². The molecule has 1 heterocycles. The molecule has 7 nitrogen and oxygen atoms in total. The van der Waals surface area contributed by atoms with Gasteiger partial charge in [-0.05, 0) is 30.7 Å². The summed E-state index contributed by atoms with van der Waals surface area (Å²) < 4.78 is 18.5. The summed E-state index contributed by atoms with van der Waals surface area (Å²) in [5.74, 6) is -1.29. The lowest BCUT2D eigenvalue weighted by Gasteiger charge is -2.19. The average molecular weight is 470 g/mol. The van der Waals surface area contributed by atoms with Gasteiger partial charge in [0.05, 0.1) is 22.6 Å². The maximum absolute atomic E-state index is 13.3. The van der Waals surface area contributed by atoms with Gasteiger partial charge in [-0.2, -0.15) is 0 Å². The van der Waals surface area contributed by atoms with E-state index in [2.05, 4.69) is 22.2 Å². The number of pyridine rings is 1. The minimum absolute atomic E-state index is 0.0479. The monoisotopic (exact) mass is 469 g/mol. The molecule has 1 unspecified atom stereocenters. The fourth-order valence-corrected chi connectivity index (χ4v) is 2.75. The Morgan fingerprint density at radius 1 is 1.26 bits per heavy atom. The summed E-state index contributed by atoms with van der Waals surface area (Å²) in [5.41, 5.74) is 0.554. The predicted octanol–water partition coefficient (Wildman–Crippen LogP) is 2.69. The van der Waals surface area contributed by atoms with Crippen LogP contribution in [0.3, 0.4) is 0 Å². The van der Waals surface area contributed by atoms with Crippen LogP contribution in [0.5, 0.6) is 5.75 Å². The Balaban J connectivity index is 1.71. The minimum Gasteiger partial charge on any atom is -0.484 e. The summed E-state index contributed by atoms with van der Waals surface area (Å²) in [6, 6.07) is 6.61. The standard InChI is InChI=1S/C21H22Cl2FN3O4/c1-2-14(27-20(29)8-15-4-3-13(22)10-25-15)7-16(28)11-26-21(30)12-31-17-5-6-18(23)19(24)9-17/h2-6,9-10,14,16,28H,1,7-8,11-12H2,(H,26,30)(H,27,29)/t14?,16-/m0/s1. The lowest BCUT2D eigenvalue weighted by Crippen LogP contribution is -2.41. The highest BCUT2D eigenvalue weighted by atomic mass is 35.5. The molecule has 0 aliphatic carbocycles. The third kappa shape index (κ3) is 8.92. The molecular formula is C21H22Cl2FN3O4. The first-order chi connectivity index (χ1) is 14.8. The molecule has 0 radical (unpaired) electrons. The van der Waals surface area contributed by atoms with E-state index >= 15 is 0 Å². The lowest BCUT2D eigenvalue weighted by molar-refractivity contribution is -0.124. The average Bonchev–Trinajstić information content (AvgIpc) is 2.74. The summed E-state index contributed by atoms with van der Waals surface area (Å²) in [6.45, 7) is 3.23. The first-order valence-corrected chi connectivity index (χ1v) is 10.1. The van der Waals surface area contributed by atoms with Gasteiger partial charge in [-0.15, -0.1) is 6.58 Å². The van der Waals surface area contributed by atoms with Gasteiger partial charge in [0.1, 0.15) is 11.6 Å². The molecule has 31 heavy (non-hydrogen) atoms. The smallest absolute Gasteiger partial charge is 0.258 e. The molecule has 1 aromatic heterocycles. The Morgan fingerprint density at radius 3 is 2.68 bits per heavy atom. The normalized spacial score (nSPS) is 12.5. The van der Waals surface area contributed by atoms with Crippen LogP contribution in [0, 0.1) is 5.82 Å². The maximum atomic E-state index is 13.3. The fourth-order valence-electron chi connectivity index (χ4n) is 2.52. The maximum Gasteiger partial charge on any atom is 0.258 e. The highest BCUT2D eigenvalue weighted by molar-refractivity contribution is 6.30. The van der Waals surface area contributed by atoms with Gasteiger partial charge in [0, 0.05) is 30.5 Å². The number of hydrogen-bond donors (Lipinski definition) is 3. The topological polar surface area (TPSA) is 101 Å². The number of aliphatic hydroxyl groups excluding tert-OH is 1. The quantitative estimate of drug-likeness (QED) is 0.439. The molecule has 0 saturated carbocycles. The largest absolute Gasteiger partial charge is 0.484 e. The van der Waals surface area contributed by atoms with Gasteiger partial charge in [0.15, 0.2) is 6.61 Å². The van der Waals surface area contributed by atoms with Crippen molar-refractivity contribution in [2.75, 3.05) is 13.2 Å². The molecule has 0 saturated heterocycles. The number of nitrogens with one attached hydrogen (secondary N) is 2. The molecule has 2 amide bonds. The molecule has 0 aliphatic rings. The van der Waals surface area contributed by atoms with Crippen LogP contribution in [-0.4, -0.2) is 47.2 Å². The van der Waals surface area contributed by atoms with Crippen molar-refractivity contribution in [1.29, 1.82) is 0 Å². The van der Waals surface area contributed by atoms with E-state index < -0.39 is 23.9 Å². The van der Waals surface area contributed by atoms with Gasteiger partial charge in [-0.1, -0.05) is 29.3 Å². The van der Waals surface area contributed by atoms with Crippen LogP contribution in [0.4, 0.5) is 4.39 Å². The Morgan fingerprint density at radius 2 is 2.03 bits per heavy atom. The Kier molecular flexibility index (Phi) is 9.71. The van der Waals surface area contributed by atoms with Crippen molar-refractivity contribution in [1.82, 2.24) is 15.6 Å². The second kappa shape index (κ2) is 12.2. The second-order valence-electron chi connectivity index (χ2n) is 6.61. The van der Waals surface area contributed by atoms with Crippen molar-refractivity contribution in [2.24, 2.45) is 0 Å². The lowest BCUT2D eigenvalue weighted by atomic mass is 10.1. The predicted molar refractivity (Wildman–Crippen MR) is 116 cm³/mol. The number of rotatable bonds is 11. The second-order valence-corrected chi connectivity index (χ2v) is 7.46. The van der Waals surface area contributed by atoms with Crippen LogP contribution in [0.1, 0.15) is 12.1 Å². The molecule has 166 valence electrons. The van der Waals surface area contributed by atoms with Gasteiger partial charge >= 0.3 is 0 Å². The van der Waals surface area contributed by atoms with Crippen LogP contribution in [0.25, 0.3) is 0 Å². The molecule has 0 aliphatic heterocycles. The summed E-state index contributed by atoms with van der Waals surface area (Å²) in [6.07, 6.45) is 2.21. The first-order valence-electron chi connectivity index (χ1n) is 9.31. The zero-order valence-corrected chi connectivity index (χ0v) is 18.0. The summed E-state index contributed by atoms with van der Waals surface area (Å²) >= 11 is 11.3. The first kappa shape index (κ1) is 24.6. The minimum atomic E-state index is -0.936. The van der Waals surface area contributed by atoms with Crippen LogP contribution in [-0.2, 0) is 16.0 Å². The fraction of sp³-hybridized carbons (Fsp3) is 0.286. The number of aromatic nitrogens is 1.